The number of fused-ring (bicyclic) bond motifs is 1. The van der Waals surface area contributed by atoms with Crippen LogP contribution in [0.2, 0.25) is 0 Å². The molecular weight excluding hydrogens is 408 g/mol. The Morgan fingerprint density at radius 2 is 2.06 bits per heavy atom. The van der Waals surface area contributed by atoms with Crippen LogP contribution in [0, 0.1) is 18.8 Å². The summed E-state index contributed by atoms with van der Waals surface area (Å²) in [6.07, 6.45) is 1.54. The first-order chi connectivity index (χ1) is 15.3. The fourth-order valence-corrected chi connectivity index (χ4v) is 4.06. The highest BCUT2D eigenvalue weighted by molar-refractivity contribution is 6.05. The fraction of sp³-hybridized carbons (Fsp3) is 0.292. The number of nitrogens with zero attached hydrogens (tertiary/aromatic N) is 2. The van der Waals surface area contributed by atoms with Gasteiger partial charge in [0.2, 0.25) is 11.8 Å². The van der Waals surface area contributed by atoms with Crippen molar-refractivity contribution in [1.29, 1.82) is 0 Å². The highest BCUT2D eigenvalue weighted by Crippen LogP contribution is 2.29. The van der Waals surface area contributed by atoms with Gasteiger partial charge in [-0.25, -0.2) is 4.98 Å². The zero-order valence-corrected chi connectivity index (χ0v) is 17.6. The summed E-state index contributed by atoms with van der Waals surface area (Å²) in [6.45, 7) is 2.07. The van der Waals surface area contributed by atoms with E-state index in [4.69, 9.17) is 5.73 Å². The molecule has 1 fully saturated rings. The highest BCUT2D eigenvalue weighted by Gasteiger charge is 2.39. The maximum atomic E-state index is 12.9. The van der Waals surface area contributed by atoms with Crippen molar-refractivity contribution in [1.82, 2.24) is 15.2 Å². The van der Waals surface area contributed by atoms with Gasteiger partial charge in [0.15, 0.2) is 0 Å². The van der Waals surface area contributed by atoms with Gasteiger partial charge in [-0.1, -0.05) is 24.0 Å². The normalized spacial score (nSPS) is 17.5. The summed E-state index contributed by atoms with van der Waals surface area (Å²) in [7, 11) is 0. The van der Waals surface area contributed by atoms with Gasteiger partial charge in [-0.3, -0.25) is 24.5 Å². The molecule has 0 spiro atoms. The minimum atomic E-state index is -0.658. The maximum absolute atomic E-state index is 12.9. The lowest BCUT2D eigenvalue weighted by atomic mass is 10.0. The number of carbonyl (C=O) groups is 4. The van der Waals surface area contributed by atoms with Gasteiger partial charge in [0.05, 0.1) is 0 Å². The molecule has 1 atom stereocenters. The predicted octanol–water partition coefficient (Wildman–Crippen LogP) is 1.23. The van der Waals surface area contributed by atoms with Gasteiger partial charge in [0.25, 0.3) is 11.8 Å². The molecule has 4 amide bonds. The SMILES string of the molecule is Cc1ccc(CCC#Cc2cccc3c2CN(C2CCC(=O)NC2=O)C3=O)c(C(N)=O)n1. The molecule has 1 aromatic carbocycles. The van der Waals surface area contributed by atoms with Crippen LogP contribution in [0.5, 0.6) is 0 Å². The Balaban J connectivity index is 1.50. The minimum Gasteiger partial charge on any atom is -0.364 e. The molecule has 8 nitrogen and oxygen atoms in total. The van der Waals surface area contributed by atoms with E-state index in [-0.39, 0.29) is 30.5 Å². The topological polar surface area (TPSA) is 122 Å². The van der Waals surface area contributed by atoms with Crippen LogP contribution in [0.1, 0.15) is 62.5 Å². The van der Waals surface area contributed by atoms with E-state index in [9.17, 15) is 19.2 Å². The number of imide groups is 1. The largest absolute Gasteiger partial charge is 0.364 e. The molecule has 3 heterocycles. The molecule has 0 radical (unpaired) electrons. The summed E-state index contributed by atoms with van der Waals surface area (Å²) in [6, 6.07) is 8.34. The van der Waals surface area contributed by atoms with Crippen LogP contribution in [0.25, 0.3) is 0 Å². The summed E-state index contributed by atoms with van der Waals surface area (Å²) in [5.74, 6) is 4.67. The monoisotopic (exact) mass is 430 g/mol. The van der Waals surface area contributed by atoms with Gasteiger partial charge in [-0.2, -0.15) is 0 Å². The van der Waals surface area contributed by atoms with E-state index in [1.807, 2.05) is 18.2 Å². The summed E-state index contributed by atoms with van der Waals surface area (Å²) < 4.78 is 0. The number of rotatable bonds is 4. The number of hydrogen-bond acceptors (Lipinski definition) is 5. The van der Waals surface area contributed by atoms with Crippen LogP contribution in [0.3, 0.4) is 0 Å². The average Bonchev–Trinajstić information content (AvgIpc) is 3.09. The van der Waals surface area contributed by atoms with Crippen LogP contribution in [0.15, 0.2) is 30.3 Å². The first-order valence-corrected chi connectivity index (χ1v) is 10.4. The number of aryl methyl sites for hydroxylation is 2. The Morgan fingerprint density at radius 1 is 1.25 bits per heavy atom. The smallest absolute Gasteiger partial charge is 0.267 e. The third-order valence-electron chi connectivity index (χ3n) is 5.68. The maximum Gasteiger partial charge on any atom is 0.267 e. The molecule has 1 aromatic heterocycles. The van der Waals surface area contributed by atoms with E-state index < -0.39 is 17.9 Å². The van der Waals surface area contributed by atoms with Gasteiger partial charge in [0, 0.05) is 36.2 Å². The van der Waals surface area contributed by atoms with Crippen molar-refractivity contribution in [2.45, 2.75) is 45.2 Å². The van der Waals surface area contributed by atoms with Crippen LogP contribution < -0.4 is 11.1 Å². The summed E-state index contributed by atoms with van der Waals surface area (Å²) in [5, 5.41) is 2.30. The number of pyridine rings is 1. The van der Waals surface area contributed by atoms with Gasteiger partial charge in [0.1, 0.15) is 11.7 Å². The zero-order valence-electron chi connectivity index (χ0n) is 17.6. The van der Waals surface area contributed by atoms with Gasteiger partial charge in [-0.05, 0) is 49.1 Å². The summed E-state index contributed by atoms with van der Waals surface area (Å²) in [5.41, 5.74) is 9.19. The lowest BCUT2D eigenvalue weighted by molar-refractivity contribution is -0.136. The van der Waals surface area contributed by atoms with E-state index in [1.54, 1.807) is 19.1 Å². The van der Waals surface area contributed by atoms with Gasteiger partial charge < -0.3 is 10.6 Å². The van der Waals surface area contributed by atoms with Crippen molar-refractivity contribution >= 4 is 23.6 Å². The van der Waals surface area contributed by atoms with E-state index in [1.165, 1.54) is 4.90 Å². The van der Waals surface area contributed by atoms with E-state index in [0.29, 0.717) is 24.8 Å². The Hall–Kier alpha value is -3.99. The first-order valence-electron chi connectivity index (χ1n) is 10.4. The lowest BCUT2D eigenvalue weighted by Crippen LogP contribution is -2.52. The Morgan fingerprint density at radius 3 is 2.81 bits per heavy atom. The number of aromatic nitrogens is 1. The summed E-state index contributed by atoms with van der Waals surface area (Å²) >= 11 is 0. The number of piperidine rings is 1. The molecule has 4 rings (SSSR count). The Labute approximate surface area is 185 Å². The summed E-state index contributed by atoms with van der Waals surface area (Å²) in [4.78, 5) is 53.9. The molecule has 0 aliphatic carbocycles. The Kier molecular flexibility index (Phi) is 5.73. The molecule has 3 N–H and O–H groups in total. The molecule has 0 bridgehead atoms. The standard InChI is InChI=1S/C24H22N4O4/c1-14-9-10-16(21(26-14)22(25)30)6-3-2-5-15-7-4-8-17-18(15)13-28(24(17)32)19-11-12-20(29)27-23(19)31/h4,7-10,19H,3,6,11-13H2,1H3,(H2,25,30)(H,27,29,31). The second kappa shape index (κ2) is 8.63. The molecule has 162 valence electrons. The fourth-order valence-electron chi connectivity index (χ4n) is 4.06. The van der Waals surface area contributed by atoms with Crippen molar-refractivity contribution < 1.29 is 19.2 Å². The van der Waals surface area contributed by atoms with E-state index in [2.05, 4.69) is 22.1 Å². The number of nitrogens with one attached hydrogen (secondary N) is 1. The molecule has 2 aliphatic rings. The molecule has 1 unspecified atom stereocenters. The van der Waals surface area contributed by atoms with Gasteiger partial charge in [-0.15, -0.1) is 0 Å². The van der Waals surface area contributed by atoms with Crippen LogP contribution in [-0.4, -0.2) is 39.6 Å². The van der Waals surface area contributed by atoms with Gasteiger partial charge >= 0.3 is 0 Å². The second-order valence-corrected chi connectivity index (χ2v) is 7.86. The number of nitrogens with two attached hydrogens (primary N) is 1. The lowest BCUT2D eigenvalue weighted by Gasteiger charge is -2.29. The molecule has 2 aromatic rings. The van der Waals surface area contributed by atoms with Crippen molar-refractivity contribution in [2.75, 3.05) is 0 Å². The molecular formula is C24H22N4O4. The van der Waals surface area contributed by atoms with Crippen molar-refractivity contribution in [3.63, 3.8) is 0 Å². The van der Waals surface area contributed by atoms with Crippen molar-refractivity contribution in [2.24, 2.45) is 5.73 Å². The van der Waals surface area contributed by atoms with Crippen LogP contribution >= 0.6 is 0 Å². The highest BCUT2D eigenvalue weighted by atomic mass is 16.2. The molecule has 2 aliphatic heterocycles. The zero-order chi connectivity index (χ0) is 22.8. The molecule has 0 saturated carbocycles. The molecule has 32 heavy (non-hydrogen) atoms. The predicted molar refractivity (Wildman–Crippen MR) is 115 cm³/mol. The van der Waals surface area contributed by atoms with Crippen molar-refractivity contribution in [3.05, 3.63) is 64.0 Å². The molecule has 8 heteroatoms. The first kappa shape index (κ1) is 21.2. The average molecular weight is 430 g/mol. The van der Waals surface area contributed by atoms with E-state index in [0.717, 1.165) is 22.4 Å². The Bertz CT molecular complexity index is 1210. The third kappa shape index (κ3) is 4.10. The number of amides is 4. The number of hydrogen-bond donors (Lipinski definition) is 2. The quantitative estimate of drug-likeness (QED) is 0.558. The molecule has 1 saturated heterocycles. The minimum absolute atomic E-state index is 0.213. The van der Waals surface area contributed by atoms with Crippen LogP contribution in [0.4, 0.5) is 0 Å². The van der Waals surface area contributed by atoms with E-state index >= 15 is 0 Å². The number of primary amides is 1. The number of benzene rings is 1. The third-order valence-corrected chi connectivity index (χ3v) is 5.68. The second-order valence-electron chi connectivity index (χ2n) is 7.86. The van der Waals surface area contributed by atoms with Crippen LogP contribution in [-0.2, 0) is 22.6 Å². The number of carbonyl (C=O) groups excluding carboxylic acids is 4. The van der Waals surface area contributed by atoms with Crippen molar-refractivity contribution in [3.8, 4) is 11.8 Å².